The van der Waals surface area contributed by atoms with Gasteiger partial charge < -0.3 is 15.4 Å². The van der Waals surface area contributed by atoms with Crippen LogP contribution in [0.3, 0.4) is 0 Å². The van der Waals surface area contributed by atoms with Crippen LogP contribution in [0.2, 0.25) is 0 Å². The van der Waals surface area contributed by atoms with E-state index in [0.717, 1.165) is 42.3 Å². The molecule has 4 heteroatoms. The molecule has 0 atom stereocenters. The molecule has 0 amide bonds. The number of hydrogen-bond acceptors (Lipinski definition) is 3. The predicted octanol–water partition coefficient (Wildman–Crippen LogP) is 3.33. The molecule has 0 aromatic heterocycles. The molecule has 1 fully saturated rings. The third-order valence-corrected chi connectivity index (χ3v) is 4.09. The molecule has 1 aliphatic heterocycles. The van der Waals surface area contributed by atoms with Crippen LogP contribution in [0.4, 0.5) is 0 Å². The summed E-state index contributed by atoms with van der Waals surface area (Å²) in [5.41, 5.74) is 1.22. The van der Waals surface area contributed by atoms with E-state index < -0.39 is 0 Å². The Labute approximate surface area is 130 Å². The summed E-state index contributed by atoms with van der Waals surface area (Å²) >= 11 is 3.54. The number of nitrogens with one attached hydrogen (secondary N) is 2. The summed E-state index contributed by atoms with van der Waals surface area (Å²) < 4.78 is 6.98. The predicted molar refractivity (Wildman–Crippen MR) is 87.2 cm³/mol. The fraction of sp³-hybridized carbons (Fsp3) is 0.625. The molecule has 2 rings (SSSR count). The number of halogens is 1. The van der Waals surface area contributed by atoms with Gasteiger partial charge in [-0.3, -0.25) is 0 Å². The van der Waals surface area contributed by atoms with Crippen molar-refractivity contribution in [1.29, 1.82) is 0 Å². The van der Waals surface area contributed by atoms with Crippen LogP contribution in [0.15, 0.2) is 22.7 Å². The second-order valence-corrected chi connectivity index (χ2v) is 6.66. The Morgan fingerprint density at radius 1 is 1.35 bits per heavy atom. The number of ether oxygens (including phenoxy) is 1. The molecule has 3 nitrogen and oxygen atoms in total. The Bertz CT molecular complexity index is 417. The van der Waals surface area contributed by atoms with E-state index in [2.05, 4.69) is 46.5 Å². The summed E-state index contributed by atoms with van der Waals surface area (Å²) in [5, 5.41) is 6.99. The minimum Gasteiger partial charge on any atom is -0.491 e. The van der Waals surface area contributed by atoms with Crippen molar-refractivity contribution in [2.75, 3.05) is 19.6 Å². The van der Waals surface area contributed by atoms with Gasteiger partial charge in [0.15, 0.2) is 0 Å². The van der Waals surface area contributed by atoms with Gasteiger partial charge >= 0.3 is 0 Å². The van der Waals surface area contributed by atoms with Gasteiger partial charge in [0.2, 0.25) is 0 Å². The number of benzene rings is 1. The molecule has 0 unspecified atom stereocenters. The smallest absolute Gasteiger partial charge is 0.124 e. The lowest BCUT2D eigenvalue weighted by molar-refractivity contribution is 0.239. The van der Waals surface area contributed by atoms with Crippen LogP contribution in [0.1, 0.15) is 32.3 Å². The average molecular weight is 341 g/mol. The van der Waals surface area contributed by atoms with Crippen LogP contribution in [0, 0.1) is 5.92 Å². The largest absolute Gasteiger partial charge is 0.491 e. The van der Waals surface area contributed by atoms with E-state index in [1.165, 1.54) is 18.4 Å². The monoisotopic (exact) mass is 340 g/mol. The van der Waals surface area contributed by atoms with Gasteiger partial charge in [0.05, 0.1) is 6.10 Å². The highest BCUT2D eigenvalue weighted by molar-refractivity contribution is 9.10. The highest BCUT2D eigenvalue weighted by Gasteiger charge is 2.13. The second-order valence-electron chi connectivity index (χ2n) is 5.74. The fourth-order valence-corrected chi connectivity index (χ4v) is 2.96. The van der Waals surface area contributed by atoms with E-state index in [-0.39, 0.29) is 6.10 Å². The van der Waals surface area contributed by atoms with Crippen molar-refractivity contribution in [3.63, 3.8) is 0 Å². The van der Waals surface area contributed by atoms with Crippen molar-refractivity contribution >= 4 is 15.9 Å². The molecule has 20 heavy (non-hydrogen) atoms. The Hall–Kier alpha value is -0.580. The minimum atomic E-state index is 0.208. The molecule has 0 radical (unpaired) electrons. The molecule has 1 aromatic rings. The summed E-state index contributed by atoms with van der Waals surface area (Å²) in [7, 11) is 0. The van der Waals surface area contributed by atoms with Gasteiger partial charge in [-0.25, -0.2) is 0 Å². The quantitative estimate of drug-likeness (QED) is 0.833. The molecular formula is C16H25BrN2O. The third-order valence-electron chi connectivity index (χ3n) is 3.59. The SMILES string of the molecule is CC(C)Oc1ccc(Br)cc1CNCC1CCNCC1. The van der Waals surface area contributed by atoms with Gasteiger partial charge in [-0.15, -0.1) is 0 Å². The van der Waals surface area contributed by atoms with Crippen LogP contribution in [-0.2, 0) is 6.54 Å². The fourth-order valence-electron chi connectivity index (χ4n) is 2.55. The van der Waals surface area contributed by atoms with Crippen LogP contribution in [0.5, 0.6) is 5.75 Å². The summed E-state index contributed by atoms with van der Waals surface area (Å²) in [4.78, 5) is 0. The molecule has 1 saturated heterocycles. The van der Waals surface area contributed by atoms with Crippen LogP contribution < -0.4 is 15.4 Å². The summed E-state index contributed by atoms with van der Waals surface area (Å²) in [6, 6.07) is 6.23. The maximum Gasteiger partial charge on any atom is 0.124 e. The molecule has 0 saturated carbocycles. The highest BCUT2D eigenvalue weighted by Crippen LogP contribution is 2.24. The lowest BCUT2D eigenvalue weighted by Gasteiger charge is -2.23. The number of hydrogen-bond donors (Lipinski definition) is 2. The first-order chi connectivity index (χ1) is 9.65. The maximum atomic E-state index is 5.87. The number of rotatable bonds is 6. The van der Waals surface area contributed by atoms with E-state index in [1.807, 2.05) is 12.1 Å². The standard InChI is InChI=1S/C16H25BrN2O/c1-12(2)20-16-4-3-15(17)9-14(16)11-19-10-13-5-7-18-8-6-13/h3-4,9,12-13,18-19H,5-8,10-11H2,1-2H3. The number of piperidine rings is 1. The first kappa shape index (κ1) is 15.8. The van der Waals surface area contributed by atoms with E-state index in [9.17, 15) is 0 Å². The zero-order valence-electron chi connectivity index (χ0n) is 12.4. The van der Waals surface area contributed by atoms with Crippen molar-refractivity contribution < 1.29 is 4.74 Å². The zero-order valence-corrected chi connectivity index (χ0v) is 14.0. The van der Waals surface area contributed by atoms with Crippen LogP contribution in [-0.4, -0.2) is 25.7 Å². The lowest BCUT2D eigenvalue weighted by atomic mass is 9.98. The molecule has 1 aliphatic rings. The van der Waals surface area contributed by atoms with Gasteiger partial charge in [0.1, 0.15) is 5.75 Å². The topological polar surface area (TPSA) is 33.3 Å². The molecule has 0 aliphatic carbocycles. The molecule has 0 spiro atoms. The highest BCUT2D eigenvalue weighted by atomic mass is 79.9. The molecular weight excluding hydrogens is 316 g/mol. The Balaban J connectivity index is 1.88. The minimum absolute atomic E-state index is 0.208. The van der Waals surface area contributed by atoms with Crippen molar-refractivity contribution in [3.05, 3.63) is 28.2 Å². The second kappa shape index (κ2) is 8.01. The molecule has 0 bridgehead atoms. The average Bonchev–Trinajstić information content (AvgIpc) is 2.42. The molecule has 1 heterocycles. The third kappa shape index (κ3) is 5.08. The van der Waals surface area contributed by atoms with Gasteiger partial charge in [-0.1, -0.05) is 15.9 Å². The van der Waals surface area contributed by atoms with Crippen molar-refractivity contribution in [2.24, 2.45) is 5.92 Å². The summed E-state index contributed by atoms with van der Waals surface area (Å²) in [5.74, 6) is 1.79. The zero-order chi connectivity index (χ0) is 14.4. The first-order valence-corrected chi connectivity index (χ1v) is 8.31. The van der Waals surface area contributed by atoms with Gasteiger partial charge in [0.25, 0.3) is 0 Å². The van der Waals surface area contributed by atoms with Gasteiger partial charge in [-0.05, 0) is 70.4 Å². The first-order valence-electron chi connectivity index (χ1n) is 7.51. The van der Waals surface area contributed by atoms with E-state index >= 15 is 0 Å². The van der Waals surface area contributed by atoms with Crippen LogP contribution >= 0.6 is 15.9 Å². The Morgan fingerprint density at radius 2 is 2.10 bits per heavy atom. The van der Waals surface area contributed by atoms with Gasteiger partial charge in [0, 0.05) is 16.6 Å². The summed E-state index contributed by atoms with van der Waals surface area (Å²) in [6.07, 6.45) is 2.76. The lowest BCUT2D eigenvalue weighted by Crippen LogP contribution is -2.33. The van der Waals surface area contributed by atoms with E-state index in [0.29, 0.717) is 0 Å². The van der Waals surface area contributed by atoms with E-state index in [1.54, 1.807) is 0 Å². The van der Waals surface area contributed by atoms with Gasteiger partial charge in [-0.2, -0.15) is 0 Å². The maximum absolute atomic E-state index is 5.87. The van der Waals surface area contributed by atoms with E-state index in [4.69, 9.17) is 4.74 Å². The van der Waals surface area contributed by atoms with Crippen molar-refractivity contribution in [1.82, 2.24) is 10.6 Å². The molecule has 112 valence electrons. The normalized spacial score (nSPS) is 16.6. The Morgan fingerprint density at radius 3 is 2.80 bits per heavy atom. The van der Waals surface area contributed by atoms with Crippen molar-refractivity contribution in [2.45, 2.75) is 39.3 Å². The van der Waals surface area contributed by atoms with Crippen LogP contribution in [0.25, 0.3) is 0 Å². The summed E-state index contributed by atoms with van der Waals surface area (Å²) in [6.45, 7) is 8.40. The van der Waals surface area contributed by atoms with Crippen molar-refractivity contribution in [3.8, 4) is 5.75 Å². The Kier molecular flexibility index (Phi) is 6.33. The molecule has 1 aromatic carbocycles. The molecule has 2 N–H and O–H groups in total.